The molecular formula is C36H60N2O9. The number of nitrogens with zero attached hydrogens (tertiary/aromatic N) is 1. The van der Waals surface area contributed by atoms with Crippen LogP contribution in [-0.2, 0) is 38.1 Å². The van der Waals surface area contributed by atoms with E-state index >= 15 is 0 Å². The first-order valence-electron chi connectivity index (χ1n) is 17.1. The highest BCUT2D eigenvalue weighted by Crippen LogP contribution is 2.30. The molecule has 2 rings (SSSR count). The Balaban J connectivity index is 1.64. The molecule has 0 radical (unpaired) electrons. The van der Waals surface area contributed by atoms with Crippen LogP contribution in [0.25, 0.3) is 0 Å². The molecular weight excluding hydrogens is 604 g/mol. The van der Waals surface area contributed by atoms with Crippen molar-refractivity contribution < 1.29 is 43.2 Å². The Hall–Kier alpha value is -2.41. The van der Waals surface area contributed by atoms with E-state index < -0.39 is 6.10 Å². The number of rotatable bonds is 22. The maximum absolute atomic E-state index is 12.4. The van der Waals surface area contributed by atoms with Gasteiger partial charge in [0.15, 0.2) is 0 Å². The largest absolute Gasteiger partial charge is 0.391 e. The monoisotopic (exact) mass is 664 g/mol. The van der Waals surface area contributed by atoms with Crippen molar-refractivity contribution in [2.24, 2.45) is 11.8 Å². The topological polar surface area (TPSA) is 133 Å². The van der Waals surface area contributed by atoms with Crippen molar-refractivity contribution in [3.63, 3.8) is 0 Å². The number of hydrogen-bond donors (Lipinski definition) is 2. The third kappa shape index (κ3) is 15.1. The van der Waals surface area contributed by atoms with E-state index in [0.717, 1.165) is 24.8 Å². The molecule has 11 nitrogen and oxygen atoms in total. The number of methoxy groups -OCH3 is 1. The number of aliphatic hydroxyl groups is 1. The molecule has 1 fully saturated rings. The third-order valence-electron chi connectivity index (χ3n) is 8.52. The van der Waals surface area contributed by atoms with Gasteiger partial charge in [0.05, 0.1) is 49.8 Å². The summed E-state index contributed by atoms with van der Waals surface area (Å²) in [6.07, 6.45) is 11.2. The van der Waals surface area contributed by atoms with Crippen LogP contribution < -0.4 is 5.32 Å². The zero-order chi connectivity index (χ0) is 35.0. The second-order valence-corrected chi connectivity index (χ2v) is 13.5. The van der Waals surface area contributed by atoms with Gasteiger partial charge in [0.2, 0.25) is 5.91 Å². The number of carbonyl (C=O) groups is 3. The minimum atomic E-state index is -0.612. The number of aliphatic hydroxyl groups excluding tert-OH is 1. The maximum Gasteiger partial charge on any atom is 0.253 e. The fourth-order valence-corrected chi connectivity index (χ4v) is 6.23. The quantitative estimate of drug-likeness (QED) is 0.0996. The summed E-state index contributed by atoms with van der Waals surface area (Å²) in [4.78, 5) is 36.6. The smallest absolute Gasteiger partial charge is 0.253 e. The van der Waals surface area contributed by atoms with E-state index in [1.165, 1.54) is 17.1 Å². The van der Waals surface area contributed by atoms with E-state index in [4.69, 9.17) is 23.7 Å². The van der Waals surface area contributed by atoms with Gasteiger partial charge < -0.3 is 34.1 Å². The molecule has 2 N–H and O–H groups in total. The van der Waals surface area contributed by atoms with Crippen LogP contribution in [0.15, 0.2) is 36.0 Å². The second kappa shape index (κ2) is 20.8. The number of ether oxygens (including phenoxy) is 5. The van der Waals surface area contributed by atoms with E-state index in [-0.39, 0.29) is 60.1 Å². The average molecular weight is 665 g/mol. The van der Waals surface area contributed by atoms with Crippen LogP contribution in [-0.4, -0.2) is 110 Å². The lowest BCUT2D eigenvalue weighted by Crippen LogP contribution is -2.42. The van der Waals surface area contributed by atoms with Crippen LogP contribution in [0.4, 0.5) is 0 Å². The highest BCUT2D eigenvalue weighted by Gasteiger charge is 2.31. The molecule has 268 valence electrons. The molecule has 1 saturated heterocycles. The molecule has 0 saturated carbocycles. The van der Waals surface area contributed by atoms with E-state index in [1.54, 1.807) is 14.0 Å². The molecule has 2 aliphatic rings. The van der Waals surface area contributed by atoms with Crippen LogP contribution in [0, 0.1) is 11.8 Å². The van der Waals surface area contributed by atoms with Crippen LogP contribution in [0.3, 0.4) is 0 Å². The lowest BCUT2D eigenvalue weighted by atomic mass is 9.89. The molecule has 2 aliphatic heterocycles. The molecule has 7 atom stereocenters. The first-order chi connectivity index (χ1) is 22.2. The molecule has 3 amide bonds. The molecule has 0 unspecified atom stereocenters. The fraction of sp³-hybridized carbons (Fsp3) is 0.750. The number of nitrogens with one attached hydrogen (secondary N) is 1. The number of carbonyl (C=O) groups excluding carboxylic acids is 3. The average Bonchev–Trinajstić information content (AvgIpc) is 3.31. The molecule has 47 heavy (non-hydrogen) atoms. The van der Waals surface area contributed by atoms with E-state index in [2.05, 4.69) is 58.2 Å². The summed E-state index contributed by atoms with van der Waals surface area (Å²) in [5.74, 6) is 0.0198. The highest BCUT2D eigenvalue weighted by molar-refractivity contribution is 6.12. The van der Waals surface area contributed by atoms with Gasteiger partial charge in [0, 0.05) is 45.4 Å². The Morgan fingerprint density at radius 3 is 2.40 bits per heavy atom. The molecule has 0 aromatic rings. The zero-order valence-corrected chi connectivity index (χ0v) is 29.9. The van der Waals surface area contributed by atoms with Crippen LogP contribution >= 0.6 is 0 Å². The highest BCUT2D eigenvalue weighted by atomic mass is 16.6. The van der Waals surface area contributed by atoms with Gasteiger partial charge in [-0.3, -0.25) is 19.3 Å². The lowest BCUT2D eigenvalue weighted by Gasteiger charge is -2.35. The Kier molecular flexibility index (Phi) is 18.1. The summed E-state index contributed by atoms with van der Waals surface area (Å²) in [6, 6.07) is 0. The summed E-state index contributed by atoms with van der Waals surface area (Å²) in [5.41, 5.74) is 0.777. The summed E-state index contributed by atoms with van der Waals surface area (Å²) in [5, 5.41) is 12.9. The van der Waals surface area contributed by atoms with Crippen molar-refractivity contribution in [2.45, 2.75) is 117 Å². The van der Waals surface area contributed by atoms with Gasteiger partial charge in [0.1, 0.15) is 6.10 Å². The van der Waals surface area contributed by atoms with E-state index in [0.29, 0.717) is 51.9 Å². The van der Waals surface area contributed by atoms with Gasteiger partial charge in [0.25, 0.3) is 11.8 Å². The molecule has 2 heterocycles. The number of imide groups is 1. The first-order valence-corrected chi connectivity index (χ1v) is 17.1. The third-order valence-corrected chi connectivity index (χ3v) is 8.52. The fourth-order valence-electron chi connectivity index (χ4n) is 6.23. The Labute approximate surface area is 282 Å². The van der Waals surface area contributed by atoms with Crippen LogP contribution in [0.5, 0.6) is 0 Å². The minimum Gasteiger partial charge on any atom is -0.391 e. The van der Waals surface area contributed by atoms with Crippen molar-refractivity contribution in [2.75, 3.05) is 46.6 Å². The van der Waals surface area contributed by atoms with Gasteiger partial charge in [-0.2, -0.15) is 0 Å². The molecule has 0 aromatic heterocycles. The summed E-state index contributed by atoms with van der Waals surface area (Å²) in [6.45, 7) is 16.5. The summed E-state index contributed by atoms with van der Waals surface area (Å²) < 4.78 is 29.1. The van der Waals surface area contributed by atoms with Gasteiger partial charge >= 0.3 is 0 Å². The summed E-state index contributed by atoms with van der Waals surface area (Å²) >= 11 is 0. The Bertz CT molecular complexity index is 1050. The molecule has 0 aromatic carbocycles. The standard InChI is InChI=1S/C36H60N2O9/c1-25(23-36(6,7)47-29(5)35(43-8)28(4)39)11-9-12-26(2)34-27(3)13-14-30(46-34)24-37-31(40)17-20-45-22-21-44-19-10-18-38-32(41)15-16-33(38)42/h9,11-12,15-16,25,27-30,34-35,39H,10,13-14,17-24H2,1-8H3,(H,37,40)/b11-9+,26-12+/t25-,27+,28-,29-,30-,34-,35+/m1/s1. The van der Waals surface area contributed by atoms with Crippen LogP contribution in [0.2, 0.25) is 0 Å². The lowest BCUT2D eigenvalue weighted by molar-refractivity contribution is -0.149. The maximum atomic E-state index is 12.4. The predicted molar refractivity (Wildman–Crippen MR) is 181 cm³/mol. The second-order valence-electron chi connectivity index (χ2n) is 13.5. The van der Waals surface area contributed by atoms with Crippen molar-refractivity contribution in [1.82, 2.24) is 10.2 Å². The number of hydrogen-bond acceptors (Lipinski definition) is 9. The normalized spacial score (nSPS) is 23.4. The van der Waals surface area contributed by atoms with E-state index in [1.807, 2.05) is 6.92 Å². The number of amides is 3. The minimum absolute atomic E-state index is 0.00555. The SMILES string of the molecule is CO[C@@H]([C@@H](C)O)[C@@H](C)OC(C)(C)C[C@H](C)/C=C/C=C(\C)[C@H]1O[C@@H](CNC(=O)CCOCCOCCCN2C(=O)C=CC2=O)CC[C@@H]1C. The predicted octanol–water partition coefficient (Wildman–Crippen LogP) is 4.13. The van der Waals surface area contributed by atoms with Crippen molar-refractivity contribution in [1.29, 1.82) is 0 Å². The summed E-state index contributed by atoms with van der Waals surface area (Å²) in [7, 11) is 1.59. The first kappa shape index (κ1) is 40.8. The van der Waals surface area contributed by atoms with Crippen molar-refractivity contribution in [3.05, 3.63) is 36.0 Å². The van der Waals surface area contributed by atoms with Crippen LogP contribution in [0.1, 0.15) is 80.6 Å². The Morgan fingerprint density at radius 2 is 1.77 bits per heavy atom. The van der Waals surface area contributed by atoms with Gasteiger partial charge in [-0.05, 0) is 77.7 Å². The molecule has 0 spiro atoms. The zero-order valence-electron chi connectivity index (χ0n) is 29.9. The Morgan fingerprint density at radius 1 is 1.11 bits per heavy atom. The van der Waals surface area contributed by atoms with Crippen molar-refractivity contribution >= 4 is 17.7 Å². The van der Waals surface area contributed by atoms with Gasteiger partial charge in [-0.1, -0.05) is 32.1 Å². The molecule has 0 aliphatic carbocycles. The van der Waals surface area contributed by atoms with E-state index in [9.17, 15) is 19.5 Å². The van der Waals surface area contributed by atoms with Gasteiger partial charge in [-0.25, -0.2) is 0 Å². The molecule has 0 bridgehead atoms. The van der Waals surface area contributed by atoms with Crippen molar-refractivity contribution in [3.8, 4) is 0 Å². The number of allylic oxidation sites excluding steroid dienone is 3. The van der Waals surface area contributed by atoms with Gasteiger partial charge in [-0.15, -0.1) is 0 Å². The molecule has 11 heteroatoms.